The molecule has 27 heavy (non-hydrogen) atoms. The van der Waals surface area contributed by atoms with Gasteiger partial charge in [-0.25, -0.2) is 0 Å². The molecular formula is C19H22O7S. The molecule has 3 rings (SSSR count). The van der Waals surface area contributed by atoms with Gasteiger partial charge < -0.3 is 20.1 Å². The molecule has 7 nitrogen and oxygen atoms in total. The van der Waals surface area contributed by atoms with Crippen LogP contribution >= 0.6 is 0 Å². The van der Waals surface area contributed by atoms with Crippen LogP contribution in [0.5, 0.6) is 0 Å². The first-order valence-corrected chi connectivity index (χ1v) is 9.87. The third-order valence-electron chi connectivity index (χ3n) is 4.66. The number of aliphatic hydroxyl groups excluding tert-OH is 2. The monoisotopic (exact) mass is 394 g/mol. The third-order valence-corrected chi connectivity index (χ3v) is 5.94. The number of benzene rings is 2. The summed E-state index contributed by atoms with van der Waals surface area (Å²) in [5.41, 5.74) is -0.408. The molecule has 1 heterocycles. The van der Waals surface area contributed by atoms with Gasteiger partial charge in [0.1, 0.15) is 18.3 Å². The van der Waals surface area contributed by atoms with E-state index in [0.29, 0.717) is 0 Å². The highest BCUT2D eigenvalue weighted by molar-refractivity contribution is 7.86. The topological polar surface area (TPSA) is 113 Å². The highest BCUT2D eigenvalue weighted by atomic mass is 32.2. The number of rotatable bonds is 6. The summed E-state index contributed by atoms with van der Waals surface area (Å²) in [6, 6.07) is 15.1. The normalized spacial score (nSPS) is 28.4. The molecular weight excluding hydrogens is 372 g/mol. The van der Waals surface area contributed by atoms with Crippen molar-refractivity contribution < 1.29 is 32.7 Å². The number of aliphatic hydroxyl groups is 3. The van der Waals surface area contributed by atoms with Crippen LogP contribution in [0.3, 0.4) is 0 Å². The predicted octanol–water partition coefficient (Wildman–Crippen LogP) is 0.752. The Kier molecular flexibility index (Phi) is 5.66. The van der Waals surface area contributed by atoms with Crippen LogP contribution in [-0.4, -0.2) is 54.4 Å². The molecule has 0 bridgehead atoms. The minimum atomic E-state index is -4.15. The molecule has 1 aliphatic heterocycles. The molecule has 8 heteroatoms. The third kappa shape index (κ3) is 4.21. The Morgan fingerprint density at radius 2 is 1.70 bits per heavy atom. The summed E-state index contributed by atoms with van der Waals surface area (Å²) in [7, 11) is -4.15. The summed E-state index contributed by atoms with van der Waals surface area (Å²) >= 11 is 0. The molecule has 146 valence electrons. The minimum Gasteiger partial charge on any atom is -0.385 e. The lowest BCUT2D eigenvalue weighted by atomic mass is 9.89. The van der Waals surface area contributed by atoms with Crippen LogP contribution in [0.2, 0.25) is 0 Å². The molecule has 2 aromatic rings. The molecule has 0 spiro atoms. The molecule has 1 aliphatic rings. The van der Waals surface area contributed by atoms with Gasteiger partial charge in [-0.1, -0.05) is 48.0 Å². The summed E-state index contributed by atoms with van der Waals surface area (Å²) in [5, 5.41) is 30.9. The van der Waals surface area contributed by atoms with Crippen LogP contribution in [0.4, 0.5) is 0 Å². The molecule has 0 aromatic heterocycles. The molecule has 0 saturated carbocycles. The minimum absolute atomic E-state index is 0.0646. The Morgan fingerprint density at radius 1 is 1.07 bits per heavy atom. The zero-order valence-electron chi connectivity index (χ0n) is 14.7. The molecule has 1 unspecified atom stereocenters. The second-order valence-corrected chi connectivity index (χ2v) is 8.29. The zero-order valence-corrected chi connectivity index (χ0v) is 15.5. The summed E-state index contributed by atoms with van der Waals surface area (Å²) < 4.78 is 35.0. The second kappa shape index (κ2) is 7.67. The van der Waals surface area contributed by atoms with Gasteiger partial charge in [-0.3, -0.25) is 4.18 Å². The fourth-order valence-electron chi connectivity index (χ4n) is 2.97. The molecule has 2 aromatic carbocycles. The Morgan fingerprint density at radius 3 is 2.33 bits per heavy atom. The van der Waals surface area contributed by atoms with E-state index in [1.165, 1.54) is 12.1 Å². The van der Waals surface area contributed by atoms with Crippen molar-refractivity contribution >= 4 is 10.1 Å². The first-order chi connectivity index (χ1) is 12.7. The lowest BCUT2D eigenvalue weighted by molar-refractivity contribution is -0.128. The summed E-state index contributed by atoms with van der Waals surface area (Å²) in [5.74, 6) is 0. The van der Waals surface area contributed by atoms with Gasteiger partial charge in [0, 0.05) is 6.42 Å². The van der Waals surface area contributed by atoms with E-state index in [0.717, 1.165) is 11.1 Å². The average Bonchev–Trinajstić information content (AvgIpc) is 2.86. The number of aryl methyl sites for hydroxylation is 1. The van der Waals surface area contributed by atoms with Crippen LogP contribution in [0.25, 0.3) is 0 Å². The largest absolute Gasteiger partial charge is 0.385 e. The van der Waals surface area contributed by atoms with Gasteiger partial charge >= 0.3 is 0 Å². The Hall–Kier alpha value is -1.81. The van der Waals surface area contributed by atoms with E-state index in [2.05, 4.69) is 0 Å². The van der Waals surface area contributed by atoms with E-state index < -0.39 is 40.8 Å². The van der Waals surface area contributed by atoms with Crippen molar-refractivity contribution in [1.29, 1.82) is 0 Å². The molecule has 0 amide bonds. The summed E-state index contributed by atoms with van der Waals surface area (Å²) in [4.78, 5) is -0.0646. The molecule has 0 radical (unpaired) electrons. The van der Waals surface area contributed by atoms with Gasteiger partial charge in [-0.2, -0.15) is 8.42 Å². The van der Waals surface area contributed by atoms with Crippen molar-refractivity contribution in [3.63, 3.8) is 0 Å². The molecule has 3 N–H and O–H groups in total. The maximum Gasteiger partial charge on any atom is 0.297 e. The van der Waals surface area contributed by atoms with Crippen molar-refractivity contribution in [1.82, 2.24) is 0 Å². The van der Waals surface area contributed by atoms with Gasteiger partial charge in [0.25, 0.3) is 10.1 Å². The van der Waals surface area contributed by atoms with Crippen LogP contribution in [0.15, 0.2) is 59.5 Å². The lowest BCUT2D eigenvalue weighted by Crippen LogP contribution is -2.53. The van der Waals surface area contributed by atoms with Crippen molar-refractivity contribution in [3.8, 4) is 0 Å². The molecule has 0 aliphatic carbocycles. The quantitative estimate of drug-likeness (QED) is 0.620. The maximum absolute atomic E-state index is 12.4. The zero-order chi connectivity index (χ0) is 19.7. The van der Waals surface area contributed by atoms with E-state index in [1.54, 1.807) is 36.4 Å². The number of hydrogen-bond acceptors (Lipinski definition) is 7. The van der Waals surface area contributed by atoms with Gasteiger partial charge in [-0.15, -0.1) is 0 Å². The van der Waals surface area contributed by atoms with E-state index in [4.69, 9.17) is 8.92 Å². The van der Waals surface area contributed by atoms with Crippen LogP contribution < -0.4 is 0 Å². The first-order valence-electron chi connectivity index (χ1n) is 8.46. The molecule has 1 fully saturated rings. The SMILES string of the molecule is Cc1ccc(S(=O)(=O)OC[C@]2(O)[C@@H](Cc3ccccc3)OC(O)[C@@H]2O)cc1. The highest BCUT2D eigenvalue weighted by Gasteiger charge is 2.55. The van der Waals surface area contributed by atoms with Gasteiger partial charge in [-0.05, 0) is 24.6 Å². The number of hydrogen-bond donors (Lipinski definition) is 3. The van der Waals surface area contributed by atoms with E-state index in [-0.39, 0.29) is 11.3 Å². The van der Waals surface area contributed by atoms with Crippen molar-refractivity contribution in [2.75, 3.05) is 6.61 Å². The van der Waals surface area contributed by atoms with E-state index in [9.17, 15) is 23.7 Å². The van der Waals surface area contributed by atoms with Crippen molar-refractivity contribution in [2.24, 2.45) is 0 Å². The van der Waals surface area contributed by atoms with E-state index in [1.807, 2.05) is 13.0 Å². The average molecular weight is 394 g/mol. The summed E-state index contributed by atoms with van der Waals surface area (Å²) in [6.07, 6.45) is -4.23. The van der Waals surface area contributed by atoms with Crippen LogP contribution in [0.1, 0.15) is 11.1 Å². The highest BCUT2D eigenvalue weighted by Crippen LogP contribution is 2.33. The lowest BCUT2D eigenvalue weighted by Gasteiger charge is -2.30. The first kappa shape index (κ1) is 19.9. The van der Waals surface area contributed by atoms with Crippen molar-refractivity contribution in [3.05, 3.63) is 65.7 Å². The second-order valence-electron chi connectivity index (χ2n) is 6.67. The van der Waals surface area contributed by atoms with Gasteiger partial charge in [0.05, 0.1) is 11.0 Å². The van der Waals surface area contributed by atoms with Gasteiger partial charge in [0.15, 0.2) is 6.29 Å². The standard InChI is InChI=1S/C19H22O7S/c1-13-7-9-15(10-8-13)27(23,24)25-12-19(22)16(26-18(21)17(19)20)11-14-5-3-2-4-6-14/h2-10,16-18,20-22H,11-12H2,1H3/t16-,17+,18?,19+/m1/s1. The van der Waals surface area contributed by atoms with E-state index >= 15 is 0 Å². The molecule has 1 saturated heterocycles. The van der Waals surface area contributed by atoms with Crippen LogP contribution in [-0.2, 0) is 25.5 Å². The van der Waals surface area contributed by atoms with Crippen LogP contribution in [0, 0.1) is 6.92 Å². The fourth-order valence-corrected chi connectivity index (χ4v) is 3.92. The Balaban J connectivity index is 1.78. The maximum atomic E-state index is 12.4. The van der Waals surface area contributed by atoms with Crippen molar-refractivity contribution in [2.45, 2.75) is 42.3 Å². The summed E-state index contributed by atoms with van der Waals surface area (Å²) in [6.45, 7) is 1.07. The Bertz CT molecular complexity index is 867. The Labute approximate surface area is 157 Å². The van der Waals surface area contributed by atoms with Gasteiger partial charge in [0.2, 0.25) is 0 Å². The fraction of sp³-hybridized carbons (Fsp3) is 0.368. The molecule has 4 atom stereocenters. The predicted molar refractivity (Wildman–Crippen MR) is 96.3 cm³/mol. The number of ether oxygens (including phenoxy) is 1. The smallest absolute Gasteiger partial charge is 0.297 e.